The summed E-state index contributed by atoms with van der Waals surface area (Å²) < 4.78 is 5.82. The molecule has 1 amide bonds. The number of carbonyl (C=O) groups excluding carboxylic acids is 1. The van der Waals surface area contributed by atoms with Gasteiger partial charge >= 0.3 is 0 Å². The van der Waals surface area contributed by atoms with Crippen molar-refractivity contribution in [2.45, 2.75) is 39.7 Å². The fraction of sp³-hybridized carbons (Fsp3) is 0.273. The summed E-state index contributed by atoms with van der Waals surface area (Å²) in [7, 11) is 0. The first-order valence-electron chi connectivity index (χ1n) is 8.79. The number of hydrazone groups is 1. The largest absolute Gasteiger partial charge is 0.481 e. The molecule has 0 unspecified atom stereocenters. The fourth-order valence-electron chi connectivity index (χ4n) is 2.30. The number of hydrogen-bond acceptors (Lipinski definition) is 3. The molecule has 4 nitrogen and oxygen atoms in total. The maximum Gasteiger partial charge on any atom is 0.280 e. The monoisotopic (exact) mass is 350 g/mol. The van der Waals surface area contributed by atoms with Crippen LogP contribution in [0.1, 0.15) is 43.4 Å². The molecule has 1 N–H and O–H groups in total. The van der Waals surface area contributed by atoms with Gasteiger partial charge in [0.05, 0.1) is 0 Å². The standard InChI is InChI=1S/C22H26N2O2/c1-16(2)20-13-12-17(3)21(15-20)26-18(4)22(25)24-23-14-8-11-19-9-6-5-7-10-19/h5-16,18H,1-4H3,(H,24,25)/b11-8-,23-14?/t18-/m1/s1. The van der Waals surface area contributed by atoms with Crippen molar-refractivity contribution in [3.05, 3.63) is 71.3 Å². The Kier molecular flexibility index (Phi) is 7.15. The van der Waals surface area contributed by atoms with Gasteiger partial charge in [0.1, 0.15) is 5.75 Å². The Morgan fingerprint density at radius 2 is 1.85 bits per heavy atom. The molecular weight excluding hydrogens is 324 g/mol. The molecule has 0 fully saturated rings. The van der Waals surface area contributed by atoms with Gasteiger partial charge in [-0.15, -0.1) is 0 Å². The number of amides is 1. The Morgan fingerprint density at radius 3 is 2.54 bits per heavy atom. The zero-order valence-corrected chi connectivity index (χ0v) is 15.8. The molecule has 26 heavy (non-hydrogen) atoms. The summed E-state index contributed by atoms with van der Waals surface area (Å²) in [5.74, 6) is 0.846. The summed E-state index contributed by atoms with van der Waals surface area (Å²) in [6.07, 6.45) is 4.60. The quantitative estimate of drug-likeness (QED) is 0.581. The average Bonchev–Trinajstić information content (AvgIpc) is 2.63. The molecule has 0 bridgehead atoms. The molecule has 0 aliphatic carbocycles. The lowest BCUT2D eigenvalue weighted by atomic mass is 10.0. The summed E-state index contributed by atoms with van der Waals surface area (Å²) in [5, 5.41) is 3.93. The third kappa shape index (κ3) is 5.88. The Balaban J connectivity index is 1.88. The number of carbonyl (C=O) groups is 1. The van der Waals surface area contributed by atoms with Crippen LogP contribution in [0.25, 0.3) is 6.08 Å². The zero-order chi connectivity index (χ0) is 18.9. The third-order valence-corrected chi connectivity index (χ3v) is 3.98. The fourth-order valence-corrected chi connectivity index (χ4v) is 2.30. The maximum absolute atomic E-state index is 12.1. The Morgan fingerprint density at radius 1 is 1.12 bits per heavy atom. The Labute approximate surface area is 155 Å². The van der Waals surface area contributed by atoms with Crippen molar-refractivity contribution in [1.29, 1.82) is 0 Å². The number of aryl methyl sites for hydroxylation is 1. The van der Waals surface area contributed by atoms with Gasteiger partial charge in [0.2, 0.25) is 0 Å². The Hall–Kier alpha value is -2.88. The first-order chi connectivity index (χ1) is 12.5. The van der Waals surface area contributed by atoms with Gasteiger partial charge in [-0.3, -0.25) is 4.79 Å². The highest BCUT2D eigenvalue weighted by atomic mass is 16.5. The van der Waals surface area contributed by atoms with Gasteiger partial charge in [0, 0.05) is 6.21 Å². The topological polar surface area (TPSA) is 50.7 Å². The van der Waals surface area contributed by atoms with Crippen molar-refractivity contribution >= 4 is 18.2 Å². The van der Waals surface area contributed by atoms with Crippen LogP contribution in [0.2, 0.25) is 0 Å². The molecular formula is C22H26N2O2. The van der Waals surface area contributed by atoms with E-state index >= 15 is 0 Å². The van der Waals surface area contributed by atoms with E-state index in [0.29, 0.717) is 5.92 Å². The van der Waals surface area contributed by atoms with Crippen LogP contribution >= 0.6 is 0 Å². The lowest BCUT2D eigenvalue weighted by molar-refractivity contribution is -0.127. The minimum atomic E-state index is -0.633. The molecule has 0 aromatic heterocycles. The van der Waals surface area contributed by atoms with E-state index in [9.17, 15) is 4.79 Å². The number of ether oxygens (including phenoxy) is 1. The van der Waals surface area contributed by atoms with Crippen molar-refractivity contribution in [2.75, 3.05) is 0 Å². The van der Waals surface area contributed by atoms with E-state index in [2.05, 4.69) is 30.4 Å². The highest BCUT2D eigenvalue weighted by Gasteiger charge is 2.15. The molecule has 4 heteroatoms. The van der Waals surface area contributed by atoms with Crippen molar-refractivity contribution in [3.63, 3.8) is 0 Å². The van der Waals surface area contributed by atoms with Crippen LogP contribution < -0.4 is 10.2 Å². The third-order valence-electron chi connectivity index (χ3n) is 3.98. The van der Waals surface area contributed by atoms with Crippen LogP contribution in [-0.4, -0.2) is 18.2 Å². The van der Waals surface area contributed by atoms with Gasteiger partial charge in [0.25, 0.3) is 5.91 Å². The van der Waals surface area contributed by atoms with Gasteiger partial charge in [-0.25, -0.2) is 5.43 Å². The van der Waals surface area contributed by atoms with Crippen molar-refractivity contribution < 1.29 is 9.53 Å². The second-order valence-corrected chi connectivity index (χ2v) is 6.46. The van der Waals surface area contributed by atoms with Crippen LogP contribution in [0.4, 0.5) is 0 Å². The lowest BCUT2D eigenvalue weighted by Crippen LogP contribution is -2.33. The summed E-state index contributed by atoms with van der Waals surface area (Å²) >= 11 is 0. The van der Waals surface area contributed by atoms with Gasteiger partial charge in [-0.05, 0) is 48.6 Å². The molecule has 2 rings (SSSR count). The number of nitrogens with zero attached hydrogens (tertiary/aromatic N) is 1. The normalized spacial score (nSPS) is 12.7. The number of nitrogens with one attached hydrogen (secondary N) is 1. The molecule has 0 saturated heterocycles. The van der Waals surface area contributed by atoms with Crippen molar-refractivity contribution in [2.24, 2.45) is 5.10 Å². The maximum atomic E-state index is 12.1. The van der Waals surface area contributed by atoms with Crippen LogP contribution in [0.15, 0.2) is 59.7 Å². The average molecular weight is 350 g/mol. The number of allylic oxidation sites excluding steroid dienone is 1. The molecule has 2 aromatic rings. The summed E-state index contributed by atoms with van der Waals surface area (Å²) in [6.45, 7) is 7.94. The predicted molar refractivity (Wildman–Crippen MR) is 107 cm³/mol. The molecule has 0 spiro atoms. The van der Waals surface area contributed by atoms with Crippen LogP contribution in [0.5, 0.6) is 5.75 Å². The highest BCUT2D eigenvalue weighted by molar-refractivity contribution is 5.83. The van der Waals surface area contributed by atoms with Crippen molar-refractivity contribution in [1.82, 2.24) is 5.43 Å². The van der Waals surface area contributed by atoms with Gasteiger partial charge in [-0.1, -0.05) is 62.4 Å². The van der Waals surface area contributed by atoms with E-state index in [-0.39, 0.29) is 5.91 Å². The van der Waals surface area contributed by atoms with E-state index in [1.54, 1.807) is 19.2 Å². The highest BCUT2D eigenvalue weighted by Crippen LogP contribution is 2.25. The molecule has 0 radical (unpaired) electrons. The van der Waals surface area contributed by atoms with Gasteiger partial charge in [-0.2, -0.15) is 5.10 Å². The molecule has 136 valence electrons. The van der Waals surface area contributed by atoms with Crippen LogP contribution in [-0.2, 0) is 4.79 Å². The smallest absolute Gasteiger partial charge is 0.280 e. The molecule has 0 aliphatic heterocycles. The second kappa shape index (κ2) is 9.56. The Bertz CT molecular complexity index is 780. The molecule has 0 heterocycles. The van der Waals surface area contributed by atoms with Crippen molar-refractivity contribution in [3.8, 4) is 5.75 Å². The summed E-state index contributed by atoms with van der Waals surface area (Å²) in [6, 6.07) is 16.0. The number of hydrogen-bond donors (Lipinski definition) is 1. The minimum absolute atomic E-state index is 0.288. The first kappa shape index (κ1) is 19.4. The van der Waals surface area contributed by atoms with E-state index < -0.39 is 6.10 Å². The predicted octanol–water partition coefficient (Wildman–Crippen LogP) is 4.70. The lowest BCUT2D eigenvalue weighted by Gasteiger charge is -2.16. The minimum Gasteiger partial charge on any atom is -0.481 e. The van der Waals surface area contributed by atoms with E-state index in [4.69, 9.17) is 4.74 Å². The van der Waals surface area contributed by atoms with E-state index in [1.165, 1.54) is 5.56 Å². The zero-order valence-electron chi connectivity index (χ0n) is 15.8. The van der Waals surface area contributed by atoms with Gasteiger partial charge < -0.3 is 4.74 Å². The first-order valence-corrected chi connectivity index (χ1v) is 8.79. The SMILES string of the molecule is Cc1ccc(C(C)C)cc1O[C@H](C)C(=O)NN=C/C=C\c1ccccc1. The van der Waals surface area contributed by atoms with E-state index in [1.807, 2.05) is 55.5 Å². The molecule has 2 aromatic carbocycles. The molecule has 0 aliphatic rings. The number of rotatable bonds is 7. The van der Waals surface area contributed by atoms with Gasteiger partial charge in [0.15, 0.2) is 6.10 Å². The second-order valence-electron chi connectivity index (χ2n) is 6.46. The van der Waals surface area contributed by atoms with Crippen LogP contribution in [0.3, 0.4) is 0 Å². The summed E-state index contributed by atoms with van der Waals surface area (Å²) in [4.78, 5) is 12.1. The van der Waals surface area contributed by atoms with E-state index in [0.717, 1.165) is 16.9 Å². The molecule has 0 saturated carbocycles. The van der Waals surface area contributed by atoms with Crippen LogP contribution in [0, 0.1) is 6.92 Å². The number of benzene rings is 2. The molecule has 1 atom stereocenters. The summed E-state index contributed by atoms with van der Waals surface area (Å²) in [5.41, 5.74) is 5.76.